The van der Waals surface area contributed by atoms with E-state index in [9.17, 15) is 9.59 Å². The standard InChI is InChI=1S/C14H14N4O2S2/c1-4-10-8(3)22-13(16-10)17-11(19)9-5-15-14-18(12(9)20)6-7(2)21-14/h5-6H,4H2,1-3H3,(H,16,17,19). The number of hydrogen-bond donors (Lipinski definition) is 1. The molecule has 3 aromatic rings. The number of rotatable bonds is 3. The molecular weight excluding hydrogens is 320 g/mol. The van der Waals surface area contributed by atoms with E-state index in [1.165, 1.54) is 33.3 Å². The maximum Gasteiger partial charge on any atom is 0.271 e. The Morgan fingerprint density at radius 3 is 2.82 bits per heavy atom. The van der Waals surface area contributed by atoms with Crippen molar-refractivity contribution in [3.8, 4) is 0 Å². The van der Waals surface area contributed by atoms with Crippen molar-refractivity contribution in [2.45, 2.75) is 27.2 Å². The van der Waals surface area contributed by atoms with Crippen molar-refractivity contribution in [3.05, 3.63) is 43.8 Å². The number of carbonyl (C=O) groups is 1. The van der Waals surface area contributed by atoms with Gasteiger partial charge >= 0.3 is 0 Å². The largest absolute Gasteiger partial charge is 0.298 e. The molecule has 0 saturated heterocycles. The number of aromatic nitrogens is 3. The van der Waals surface area contributed by atoms with Crippen LogP contribution in [0.4, 0.5) is 5.13 Å². The molecule has 0 atom stereocenters. The molecule has 8 heteroatoms. The third-order valence-corrected chi connectivity index (χ3v) is 5.06. The van der Waals surface area contributed by atoms with Crippen molar-refractivity contribution in [2.75, 3.05) is 5.32 Å². The monoisotopic (exact) mass is 334 g/mol. The van der Waals surface area contributed by atoms with Crippen LogP contribution >= 0.6 is 22.7 Å². The first-order valence-corrected chi connectivity index (χ1v) is 8.38. The van der Waals surface area contributed by atoms with Crippen LogP contribution in [0.3, 0.4) is 0 Å². The summed E-state index contributed by atoms with van der Waals surface area (Å²) < 4.78 is 1.40. The van der Waals surface area contributed by atoms with E-state index in [2.05, 4.69) is 15.3 Å². The minimum Gasteiger partial charge on any atom is -0.298 e. The molecule has 0 fully saturated rings. The van der Waals surface area contributed by atoms with E-state index in [0.29, 0.717) is 10.1 Å². The quantitative estimate of drug-likeness (QED) is 0.799. The number of anilines is 1. The maximum absolute atomic E-state index is 12.4. The molecular formula is C14H14N4O2S2. The second kappa shape index (κ2) is 5.62. The van der Waals surface area contributed by atoms with Gasteiger partial charge in [0.1, 0.15) is 5.56 Å². The first kappa shape index (κ1) is 14.9. The van der Waals surface area contributed by atoms with Crippen LogP contribution in [0.1, 0.15) is 32.7 Å². The van der Waals surface area contributed by atoms with E-state index < -0.39 is 5.91 Å². The highest BCUT2D eigenvalue weighted by atomic mass is 32.1. The van der Waals surface area contributed by atoms with Crippen LogP contribution in [-0.4, -0.2) is 20.3 Å². The number of fused-ring (bicyclic) bond motifs is 1. The lowest BCUT2D eigenvalue weighted by Gasteiger charge is -2.01. The Hall–Kier alpha value is -2.06. The summed E-state index contributed by atoms with van der Waals surface area (Å²) >= 11 is 2.81. The first-order valence-electron chi connectivity index (χ1n) is 6.75. The Kier molecular flexibility index (Phi) is 3.79. The van der Waals surface area contributed by atoms with Crippen LogP contribution in [0.2, 0.25) is 0 Å². The lowest BCUT2D eigenvalue weighted by molar-refractivity contribution is 0.102. The normalized spacial score (nSPS) is 11.0. The molecule has 0 bridgehead atoms. The first-order chi connectivity index (χ1) is 10.5. The summed E-state index contributed by atoms with van der Waals surface area (Å²) in [6.07, 6.45) is 3.82. The van der Waals surface area contributed by atoms with E-state index in [1.807, 2.05) is 20.8 Å². The summed E-state index contributed by atoms with van der Waals surface area (Å²) in [6.45, 7) is 5.86. The Bertz CT molecular complexity index is 923. The molecule has 0 aromatic carbocycles. The number of hydrogen-bond acceptors (Lipinski definition) is 6. The molecule has 0 spiro atoms. The molecule has 3 aromatic heterocycles. The number of thiazole rings is 2. The van der Waals surface area contributed by atoms with Crippen LogP contribution in [0, 0.1) is 13.8 Å². The van der Waals surface area contributed by atoms with Crippen LogP contribution in [0.25, 0.3) is 4.96 Å². The average Bonchev–Trinajstić information content (AvgIpc) is 3.01. The van der Waals surface area contributed by atoms with Crippen LogP contribution in [0.5, 0.6) is 0 Å². The molecule has 0 aliphatic rings. The Balaban J connectivity index is 1.94. The molecule has 1 N–H and O–H groups in total. The van der Waals surface area contributed by atoms with Gasteiger partial charge in [-0.3, -0.25) is 19.3 Å². The Labute approximate surface area is 134 Å². The molecule has 0 saturated carbocycles. The highest BCUT2D eigenvalue weighted by molar-refractivity contribution is 7.17. The molecule has 1 amide bonds. The number of aryl methyl sites for hydroxylation is 3. The molecule has 0 unspecified atom stereocenters. The average molecular weight is 334 g/mol. The van der Waals surface area contributed by atoms with E-state index in [0.717, 1.165) is 21.9 Å². The third-order valence-electron chi connectivity index (χ3n) is 3.22. The number of amides is 1. The highest BCUT2D eigenvalue weighted by Gasteiger charge is 2.16. The number of nitrogens with one attached hydrogen (secondary N) is 1. The molecule has 3 rings (SSSR count). The highest BCUT2D eigenvalue weighted by Crippen LogP contribution is 2.22. The van der Waals surface area contributed by atoms with E-state index in [1.54, 1.807) is 6.20 Å². The second-order valence-electron chi connectivity index (χ2n) is 4.80. The second-order valence-corrected chi connectivity index (χ2v) is 7.22. The Morgan fingerprint density at radius 1 is 1.36 bits per heavy atom. The zero-order chi connectivity index (χ0) is 15.9. The van der Waals surface area contributed by atoms with Gasteiger partial charge in [0.2, 0.25) is 0 Å². The summed E-state index contributed by atoms with van der Waals surface area (Å²) in [6, 6.07) is 0. The SMILES string of the molecule is CCc1nc(NC(=O)c2cnc3sc(C)cn3c2=O)sc1C. The summed E-state index contributed by atoms with van der Waals surface area (Å²) in [5.41, 5.74) is 0.608. The number of carbonyl (C=O) groups excluding carboxylic acids is 1. The molecule has 22 heavy (non-hydrogen) atoms. The van der Waals surface area contributed by atoms with E-state index in [4.69, 9.17) is 0 Å². The lowest BCUT2D eigenvalue weighted by Crippen LogP contribution is -2.25. The zero-order valence-corrected chi connectivity index (χ0v) is 14.0. The van der Waals surface area contributed by atoms with Gasteiger partial charge in [0.05, 0.1) is 5.69 Å². The smallest absolute Gasteiger partial charge is 0.271 e. The fourth-order valence-electron chi connectivity index (χ4n) is 2.13. The molecule has 114 valence electrons. The zero-order valence-electron chi connectivity index (χ0n) is 12.3. The molecule has 0 aliphatic heterocycles. The van der Waals surface area contributed by atoms with Crippen LogP contribution in [-0.2, 0) is 6.42 Å². The third kappa shape index (κ3) is 2.55. The molecule has 6 nitrogen and oxygen atoms in total. The van der Waals surface area contributed by atoms with Crippen molar-refractivity contribution < 1.29 is 4.79 Å². The fourth-order valence-corrected chi connectivity index (χ4v) is 3.81. The predicted octanol–water partition coefficient (Wildman–Crippen LogP) is 2.64. The van der Waals surface area contributed by atoms with Gasteiger partial charge in [0.15, 0.2) is 10.1 Å². The summed E-state index contributed by atoms with van der Waals surface area (Å²) in [5.74, 6) is -0.479. The van der Waals surface area contributed by atoms with E-state index >= 15 is 0 Å². The van der Waals surface area contributed by atoms with Crippen molar-refractivity contribution in [1.29, 1.82) is 0 Å². The molecule has 0 aliphatic carbocycles. The van der Waals surface area contributed by atoms with E-state index in [-0.39, 0.29) is 11.1 Å². The van der Waals surface area contributed by atoms with Crippen molar-refractivity contribution in [3.63, 3.8) is 0 Å². The van der Waals surface area contributed by atoms with Crippen LogP contribution in [0.15, 0.2) is 17.2 Å². The summed E-state index contributed by atoms with van der Waals surface area (Å²) in [7, 11) is 0. The van der Waals surface area contributed by atoms with Crippen molar-refractivity contribution in [2.24, 2.45) is 0 Å². The van der Waals surface area contributed by atoms with Crippen molar-refractivity contribution in [1.82, 2.24) is 14.4 Å². The van der Waals surface area contributed by atoms with Crippen LogP contribution < -0.4 is 10.9 Å². The van der Waals surface area contributed by atoms with Gasteiger partial charge in [-0.05, 0) is 20.3 Å². The van der Waals surface area contributed by atoms with Gasteiger partial charge in [-0.15, -0.1) is 22.7 Å². The van der Waals surface area contributed by atoms with Gasteiger partial charge < -0.3 is 0 Å². The minimum atomic E-state index is -0.479. The fraction of sp³-hybridized carbons (Fsp3) is 0.286. The minimum absolute atomic E-state index is 0.0150. The number of nitrogens with zero attached hydrogens (tertiary/aromatic N) is 3. The topological polar surface area (TPSA) is 76.4 Å². The van der Waals surface area contributed by atoms with Gasteiger partial charge in [-0.25, -0.2) is 9.97 Å². The molecule has 3 heterocycles. The summed E-state index contributed by atoms with van der Waals surface area (Å²) in [4.78, 5) is 35.8. The van der Waals surface area contributed by atoms with Gasteiger partial charge in [-0.1, -0.05) is 6.92 Å². The van der Waals surface area contributed by atoms with Crippen molar-refractivity contribution >= 4 is 38.7 Å². The van der Waals surface area contributed by atoms with Gasteiger partial charge in [-0.2, -0.15) is 0 Å². The Morgan fingerprint density at radius 2 is 2.14 bits per heavy atom. The maximum atomic E-state index is 12.4. The van der Waals surface area contributed by atoms with Gasteiger partial charge in [0.25, 0.3) is 11.5 Å². The summed E-state index contributed by atoms with van der Waals surface area (Å²) in [5, 5.41) is 3.19. The lowest BCUT2D eigenvalue weighted by atomic mass is 10.3. The predicted molar refractivity (Wildman–Crippen MR) is 88.3 cm³/mol. The molecule has 0 radical (unpaired) electrons. The van der Waals surface area contributed by atoms with Gasteiger partial charge in [0, 0.05) is 22.1 Å².